The van der Waals surface area contributed by atoms with Crippen LogP contribution in [0.1, 0.15) is 18.4 Å². The van der Waals surface area contributed by atoms with Crippen LogP contribution in [0.2, 0.25) is 0 Å². The van der Waals surface area contributed by atoms with Gasteiger partial charge in [0.05, 0.1) is 11.0 Å². The van der Waals surface area contributed by atoms with Crippen molar-refractivity contribution in [2.75, 3.05) is 0 Å². The zero-order valence-electron chi connectivity index (χ0n) is 7.90. The van der Waals surface area contributed by atoms with Crippen LogP contribution in [0.3, 0.4) is 0 Å². The lowest BCUT2D eigenvalue weighted by atomic mass is 10.0. The summed E-state index contributed by atoms with van der Waals surface area (Å²) >= 11 is 0. The van der Waals surface area contributed by atoms with Crippen LogP contribution in [0.4, 0.5) is 0 Å². The molecule has 3 nitrogen and oxygen atoms in total. The molecule has 0 aromatic carbocycles. The smallest absolute Gasteiger partial charge is 0.251 e. The monoisotopic (exact) mass is 186 g/mol. The van der Waals surface area contributed by atoms with E-state index in [0.717, 1.165) is 17.6 Å². The molecule has 1 atom stereocenters. The van der Waals surface area contributed by atoms with Gasteiger partial charge in [-0.2, -0.15) is 0 Å². The molecule has 3 heterocycles. The van der Waals surface area contributed by atoms with Gasteiger partial charge in [0.25, 0.3) is 5.56 Å². The summed E-state index contributed by atoms with van der Waals surface area (Å²) in [5, 5.41) is 0. The third-order valence-electron chi connectivity index (χ3n) is 2.89. The van der Waals surface area contributed by atoms with E-state index in [2.05, 4.69) is 11.9 Å². The summed E-state index contributed by atoms with van der Waals surface area (Å²) in [5.74, 6) is 0.426. The molecule has 0 radical (unpaired) electrons. The Labute approximate surface area is 81.0 Å². The molecular formula is C11H10N2O. The van der Waals surface area contributed by atoms with Gasteiger partial charge in [0.15, 0.2) is 0 Å². The number of hydrogen-bond donors (Lipinski definition) is 0. The third-order valence-corrected chi connectivity index (χ3v) is 2.89. The van der Waals surface area contributed by atoms with Gasteiger partial charge >= 0.3 is 0 Å². The summed E-state index contributed by atoms with van der Waals surface area (Å²) in [4.78, 5) is 15.8. The predicted molar refractivity (Wildman–Crippen MR) is 54.4 cm³/mol. The lowest BCUT2D eigenvalue weighted by molar-refractivity contribution is 0.643. The van der Waals surface area contributed by atoms with Gasteiger partial charge in [-0.05, 0) is 17.7 Å². The Bertz CT molecular complexity index is 571. The topological polar surface area (TPSA) is 34.9 Å². The Hall–Kier alpha value is -1.64. The minimum Gasteiger partial charge on any atom is -0.306 e. The molecule has 2 aromatic heterocycles. The van der Waals surface area contributed by atoms with Crippen LogP contribution in [0, 0.1) is 0 Å². The molecule has 1 aliphatic rings. The summed E-state index contributed by atoms with van der Waals surface area (Å²) < 4.78 is 1.82. The van der Waals surface area contributed by atoms with Crippen LogP contribution in [0.5, 0.6) is 0 Å². The zero-order chi connectivity index (χ0) is 9.71. The molecule has 0 fully saturated rings. The highest BCUT2D eigenvalue weighted by Gasteiger charge is 2.21. The first-order chi connectivity index (χ1) is 6.77. The van der Waals surface area contributed by atoms with Crippen LogP contribution in [-0.4, -0.2) is 9.55 Å². The van der Waals surface area contributed by atoms with Crippen molar-refractivity contribution in [1.29, 1.82) is 0 Å². The molecule has 3 heteroatoms. The second kappa shape index (κ2) is 2.44. The predicted octanol–water partition coefficient (Wildman–Crippen LogP) is 1.51. The fourth-order valence-electron chi connectivity index (χ4n) is 2.20. The first-order valence-corrected chi connectivity index (χ1v) is 4.76. The molecular weight excluding hydrogens is 176 g/mol. The molecule has 0 unspecified atom stereocenters. The number of hydrogen-bond acceptors (Lipinski definition) is 2. The Kier molecular flexibility index (Phi) is 1.35. The molecule has 0 saturated carbocycles. The molecule has 0 N–H and O–H groups in total. The number of pyridine rings is 2. The van der Waals surface area contributed by atoms with Crippen LogP contribution in [0.25, 0.3) is 11.0 Å². The summed E-state index contributed by atoms with van der Waals surface area (Å²) in [6, 6.07) is 5.41. The van der Waals surface area contributed by atoms with Gasteiger partial charge in [0, 0.05) is 24.7 Å². The molecule has 0 saturated heterocycles. The number of nitrogens with zero attached hydrogens (tertiary/aromatic N) is 2. The van der Waals surface area contributed by atoms with Crippen molar-refractivity contribution < 1.29 is 0 Å². The van der Waals surface area contributed by atoms with E-state index < -0.39 is 0 Å². The maximum absolute atomic E-state index is 11.6. The fourth-order valence-corrected chi connectivity index (χ4v) is 2.20. The van der Waals surface area contributed by atoms with E-state index in [1.165, 1.54) is 5.56 Å². The van der Waals surface area contributed by atoms with Gasteiger partial charge in [-0.3, -0.25) is 9.78 Å². The van der Waals surface area contributed by atoms with Crippen LogP contribution >= 0.6 is 0 Å². The number of rotatable bonds is 0. The zero-order valence-corrected chi connectivity index (χ0v) is 7.90. The largest absolute Gasteiger partial charge is 0.306 e. The highest BCUT2D eigenvalue weighted by atomic mass is 16.1. The summed E-state index contributed by atoms with van der Waals surface area (Å²) in [6.07, 6.45) is 1.81. The standard InChI is InChI=1S/C11H10N2O/c1-7-6-13-10(14)3-2-9-11(13)8(7)4-5-12-9/h2-5,7H,6H2,1H3/t7-/m1/s1. The van der Waals surface area contributed by atoms with Gasteiger partial charge in [-0.15, -0.1) is 0 Å². The summed E-state index contributed by atoms with van der Waals surface area (Å²) in [7, 11) is 0. The lowest BCUT2D eigenvalue weighted by Gasteiger charge is -2.00. The molecule has 0 amide bonds. The van der Waals surface area contributed by atoms with Crippen molar-refractivity contribution in [3.8, 4) is 0 Å². The lowest BCUT2D eigenvalue weighted by Crippen LogP contribution is -2.16. The van der Waals surface area contributed by atoms with Gasteiger partial charge in [0.1, 0.15) is 0 Å². The van der Waals surface area contributed by atoms with Gasteiger partial charge in [-0.25, -0.2) is 0 Å². The van der Waals surface area contributed by atoms with Crippen molar-refractivity contribution in [1.82, 2.24) is 9.55 Å². The summed E-state index contributed by atoms with van der Waals surface area (Å²) in [6.45, 7) is 2.93. The van der Waals surface area contributed by atoms with E-state index in [0.29, 0.717) is 5.92 Å². The number of aromatic nitrogens is 2. The van der Waals surface area contributed by atoms with Crippen LogP contribution in [0.15, 0.2) is 29.2 Å². The van der Waals surface area contributed by atoms with Crippen LogP contribution < -0.4 is 5.56 Å². The third kappa shape index (κ3) is 0.816. The molecule has 2 aromatic rings. The second-order valence-electron chi connectivity index (χ2n) is 3.82. The molecule has 70 valence electrons. The Morgan fingerprint density at radius 3 is 3.14 bits per heavy atom. The minimum atomic E-state index is 0.0797. The van der Waals surface area contributed by atoms with Gasteiger partial charge < -0.3 is 4.57 Å². The Morgan fingerprint density at radius 2 is 2.29 bits per heavy atom. The van der Waals surface area contributed by atoms with Crippen molar-refractivity contribution in [3.63, 3.8) is 0 Å². The molecule has 0 bridgehead atoms. The second-order valence-corrected chi connectivity index (χ2v) is 3.82. The first-order valence-electron chi connectivity index (χ1n) is 4.76. The van der Waals surface area contributed by atoms with Gasteiger partial charge in [-0.1, -0.05) is 6.92 Å². The van der Waals surface area contributed by atoms with Gasteiger partial charge in [0.2, 0.25) is 0 Å². The Balaban J connectivity index is 2.58. The molecule has 1 aliphatic heterocycles. The maximum Gasteiger partial charge on any atom is 0.251 e. The maximum atomic E-state index is 11.6. The highest BCUT2D eigenvalue weighted by Crippen LogP contribution is 2.30. The quantitative estimate of drug-likeness (QED) is 0.625. The average Bonchev–Trinajstić information content (AvgIpc) is 2.53. The minimum absolute atomic E-state index is 0.0797. The van der Waals surface area contributed by atoms with E-state index in [-0.39, 0.29) is 5.56 Å². The SMILES string of the molecule is C[C@@H]1Cn2c(=O)ccc3nccc1c32. The van der Waals surface area contributed by atoms with E-state index in [1.807, 2.05) is 16.8 Å². The molecule has 3 rings (SSSR count). The van der Waals surface area contributed by atoms with E-state index in [4.69, 9.17) is 0 Å². The molecule has 0 aliphatic carbocycles. The van der Waals surface area contributed by atoms with Crippen molar-refractivity contribution >= 4 is 11.0 Å². The van der Waals surface area contributed by atoms with Crippen molar-refractivity contribution in [2.24, 2.45) is 0 Å². The van der Waals surface area contributed by atoms with E-state index in [9.17, 15) is 4.79 Å². The highest BCUT2D eigenvalue weighted by molar-refractivity contribution is 5.80. The summed E-state index contributed by atoms with van der Waals surface area (Å²) in [5.41, 5.74) is 3.27. The molecule has 14 heavy (non-hydrogen) atoms. The van der Waals surface area contributed by atoms with Crippen molar-refractivity contribution in [2.45, 2.75) is 19.4 Å². The molecule has 0 spiro atoms. The first kappa shape index (κ1) is 7.74. The average molecular weight is 186 g/mol. The van der Waals surface area contributed by atoms with E-state index >= 15 is 0 Å². The van der Waals surface area contributed by atoms with Crippen molar-refractivity contribution in [3.05, 3.63) is 40.3 Å². The van der Waals surface area contributed by atoms with Crippen LogP contribution in [-0.2, 0) is 6.54 Å². The Morgan fingerprint density at radius 1 is 1.43 bits per heavy atom. The van der Waals surface area contributed by atoms with E-state index in [1.54, 1.807) is 12.1 Å². The fraction of sp³-hybridized carbons (Fsp3) is 0.273. The normalized spacial score (nSPS) is 19.1.